The van der Waals surface area contributed by atoms with Crippen molar-refractivity contribution in [1.29, 1.82) is 0 Å². The lowest BCUT2D eigenvalue weighted by Crippen LogP contribution is -1.87. The molecule has 2 rings (SSSR count). The summed E-state index contributed by atoms with van der Waals surface area (Å²) in [4.78, 5) is 0. The molecule has 0 amide bonds. The van der Waals surface area contributed by atoms with Crippen LogP contribution in [0.3, 0.4) is 0 Å². The summed E-state index contributed by atoms with van der Waals surface area (Å²) in [5.74, 6) is 1.08. The normalized spacial score (nSPS) is 27.4. The van der Waals surface area contributed by atoms with Gasteiger partial charge in [0.05, 0.1) is 0 Å². The second kappa shape index (κ2) is 3.77. The molecule has 1 atom stereocenters. The predicted octanol–water partition coefficient (Wildman–Crippen LogP) is 2.08. The number of nitrogens with two attached hydrogens (primary N) is 1. The van der Waals surface area contributed by atoms with Crippen LogP contribution in [0.25, 0.3) is 0 Å². The van der Waals surface area contributed by atoms with Crippen molar-refractivity contribution in [2.24, 2.45) is 11.7 Å². The van der Waals surface area contributed by atoms with Gasteiger partial charge in [-0.15, -0.1) is 0 Å². The molecule has 1 fully saturated rings. The zero-order valence-electron chi connectivity index (χ0n) is 6.77. The lowest BCUT2D eigenvalue weighted by atomic mass is 10.1. The van der Waals surface area contributed by atoms with Crippen LogP contribution >= 0.6 is 0 Å². The average Bonchev–Trinajstić information content (AvgIpc) is 2.49. The quantitative estimate of drug-likeness (QED) is 0.511. The van der Waals surface area contributed by atoms with Crippen molar-refractivity contribution in [1.82, 2.24) is 0 Å². The van der Waals surface area contributed by atoms with Gasteiger partial charge in [-0.25, -0.2) is 0 Å². The van der Waals surface area contributed by atoms with Gasteiger partial charge < -0.3 is 5.73 Å². The molecule has 0 aromatic heterocycles. The third-order valence-electron chi connectivity index (χ3n) is 2.16. The first-order chi connectivity index (χ1) is 4.86. The molecule has 1 heteroatoms. The number of fused-ring (bicyclic) bond motifs is 2. The number of hydrogen-bond donors (Lipinski definition) is 1. The van der Waals surface area contributed by atoms with Gasteiger partial charge in [-0.3, -0.25) is 0 Å². The number of rotatable bonds is 0. The molecule has 1 nitrogen and oxygen atoms in total. The molecular weight excluding hydrogens is 122 g/mol. The van der Waals surface area contributed by atoms with Gasteiger partial charge in [0.25, 0.3) is 0 Å². The highest BCUT2D eigenvalue weighted by molar-refractivity contribution is 5.15. The highest BCUT2D eigenvalue weighted by Crippen LogP contribution is 2.38. The Morgan fingerprint density at radius 1 is 1.70 bits per heavy atom. The van der Waals surface area contributed by atoms with E-state index in [1.807, 2.05) is 6.92 Å². The summed E-state index contributed by atoms with van der Waals surface area (Å²) in [6, 6.07) is 0. The van der Waals surface area contributed by atoms with Crippen LogP contribution < -0.4 is 5.73 Å². The minimum Gasteiger partial charge on any atom is -0.331 e. The number of allylic oxidation sites excluding steroid dienone is 2. The molecule has 0 saturated heterocycles. The van der Waals surface area contributed by atoms with Gasteiger partial charge in [0.15, 0.2) is 0 Å². The SMILES string of the molecule is C1=C2CCC(C1)C2.CCN. The molecule has 2 N–H and O–H groups in total. The molecule has 0 heterocycles. The fourth-order valence-electron chi connectivity index (χ4n) is 1.68. The first kappa shape index (κ1) is 7.80. The lowest BCUT2D eigenvalue weighted by molar-refractivity contribution is 0.576. The van der Waals surface area contributed by atoms with Crippen LogP contribution in [0.15, 0.2) is 11.6 Å². The van der Waals surface area contributed by atoms with Crippen LogP contribution in [0, 0.1) is 5.92 Å². The lowest BCUT2D eigenvalue weighted by Gasteiger charge is -1.98. The topological polar surface area (TPSA) is 26.0 Å². The minimum absolute atomic E-state index is 0.750. The van der Waals surface area contributed by atoms with Gasteiger partial charge in [-0.2, -0.15) is 0 Å². The monoisotopic (exact) mass is 139 g/mol. The largest absolute Gasteiger partial charge is 0.331 e. The van der Waals surface area contributed by atoms with Gasteiger partial charge in [-0.05, 0) is 38.1 Å². The van der Waals surface area contributed by atoms with Crippen molar-refractivity contribution in [2.75, 3.05) is 6.54 Å². The van der Waals surface area contributed by atoms with E-state index >= 15 is 0 Å². The van der Waals surface area contributed by atoms with Gasteiger partial charge in [-0.1, -0.05) is 18.6 Å². The molecule has 0 radical (unpaired) electrons. The third-order valence-corrected chi connectivity index (χ3v) is 2.16. The van der Waals surface area contributed by atoms with E-state index < -0.39 is 0 Å². The first-order valence-corrected chi connectivity index (χ1v) is 4.24. The molecule has 0 aromatic rings. The van der Waals surface area contributed by atoms with E-state index in [1.165, 1.54) is 25.7 Å². The second-order valence-corrected chi connectivity index (χ2v) is 3.12. The fourth-order valence-corrected chi connectivity index (χ4v) is 1.68. The van der Waals surface area contributed by atoms with E-state index in [9.17, 15) is 0 Å². The molecule has 0 aromatic carbocycles. The van der Waals surface area contributed by atoms with Crippen LogP contribution in [0.4, 0.5) is 0 Å². The molecule has 0 aliphatic heterocycles. The van der Waals surface area contributed by atoms with Crippen molar-refractivity contribution in [3.05, 3.63) is 11.6 Å². The summed E-state index contributed by atoms with van der Waals surface area (Å²) in [5.41, 5.74) is 6.59. The highest BCUT2D eigenvalue weighted by Gasteiger charge is 2.22. The summed E-state index contributed by atoms with van der Waals surface area (Å²) in [5, 5.41) is 0. The maximum Gasteiger partial charge on any atom is -0.0106 e. The Kier molecular flexibility index (Phi) is 2.94. The van der Waals surface area contributed by atoms with E-state index in [1.54, 1.807) is 5.57 Å². The Hall–Kier alpha value is -0.300. The summed E-state index contributed by atoms with van der Waals surface area (Å²) in [6.45, 7) is 2.65. The smallest absolute Gasteiger partial charge is 0.0106 e. The maximum absolute atomic E-state index is 4.85. The summed E-state index contributed by atoms with van der Waals surface area (Å²) in [7, 11) is 0. The molecule has 2 aliphatic rings. The van der Waals surface area contributed by atoms with Crippen LogP contribution in [-0.4, -0.2) is 6.54 Å². The van der Waals surface area contributed by atoms with Crippen molar-refractivity contribution in [2.45, 2.75) is 32.6 Å². The zero-order valence-corrected chi connectivity index (χ0v) is 6.77. The summed E-state index contributed by atoms with van der Waals surface area (Å²) >= 11 is 0. The van der Waals surface area contributed by atoms with Crippen molar-refractivity contribution < 1.29 is 0 Å². The Labute approximate surface area is 63.3 Å². The summed E-state index contributed by atoms with van der Waals surface area (Å²) < 4.78 is 0. The van der Waals surface area contributed by atoms with E-state index in [4.69, 9.17) is 5.73 Å². The summed E-state index contributed by atoms with van der Waals surface area (Å²) in [6.07, 6.45) is 8.18. The molecule has 1 saturated carbocycles. The molecule has 1 unspecified atom stereocenters. The Morgan fingerprint density at radius 2 is 2.40 bits per heavy atom. The van der Waals surface area contributed by atoms with Crippen molar-refractivity contribution in [3.8, 4) is 0 Å². The van der Waals surface area contributed by atoms with Crippen LogP contribution in [0.5, 0.6) is 0 Å². The Balaban J connectivity index is 0.000000148. The first-order valence-electron chi connectivity index (χ1n) is 4.24. The zero-order chi connectivity index (χ0) is 7.40. The van der Waals surface area contributed by atoms with Crippen molar-refractivity contribution in [3.63, 3.8) is 0 Å². The molecule has 2 aliphatic carbocycles. The van der Waals surface area contributed by atoms with Gasteiger partial charge in [0, 0.05) is 0 Å². The minimum atomic E-state index is 0.750. The maximum atomic E-state index is 4.85. The van der Waals surface area contributed by atoms with Crippen LogP contribution in [-0.2, 0) is 0 Å². The van der Waals surface area contributed by atoms with Crippen molar-refractivity contribution >= 4 is 0 Å². The van der Waals surface area contributed by atoms with Gasteiger partial charge >= 0.3 is 0 Å². The molecular formula is C9H17N. The average molecular weight is 139 g/mol. The van der Waals surface area contributed by atoms with Gasteiger partial charge in [0.2, 0.25) is 0 Å². The fraction of sp³-hybridized carbons (Fsp3) is 0.778. The Bertz CT molecular complexity index is 127. The molecule has 0 spiro atoms. The highest BCUT2D eigenvalue weighted by atomic mass is 14.5. The van der Waals surface area contributed by atoms with E-state index in [2.05, 4.69) is 6.08 Å². The standard InChI is InChI=1S/C7H10.C2H7N/c1-2-7-4-3-6(1)5-7;1-2-3/h1,7H,2-5H2;2-3H2,1H3. The molecule has 10 heavy (non-hydrogen) atoms. The van der Waals surface area contributed by atoms with E-state index in [0.717, 1.165) is 12.5 Å². The molecule has 2 bridgehead atoms. The predicted molar refractivity (Wildman–Crippen MR) is 44.8 cm³/mol. The van der Waals surface area contributed by atoms with Crippen LogP contribution in [0.2, 0.25) is 0 Å². The Morgan fingerprint density at radius 3 is 2.50 bits per heavy atom. The van der Waals surface area contributed by atoms with E-state index in [-0.39, 0.29) is 0 Å². The van der Waals surface area contributed by atoms with Gasteiger partial charge in [0.1, 0.15) is 0 Å². The number of hydrogen-bond acceptors (Lipinski definition) is 1. The van der Waals surface area contributed by atoms with E-state index in [0.29, 0.717) is 0 Å². The third kappa shape index (κ3) is 1.84. The van der Waals surface area contributed by atoms with Crippen LogP contribution in [0.1, 0.15) is 32.6 Å². The second-order valence-electron chi connectivity index (χ2n) is 3.12. The molecule has 58 valence electrons.